The molecule has 0 fully saturated rings. The van der Waals surface area contributed by atoms with Crippen molar-refractivity contribution >= 4 is 28.4 Å². The van der Waals surface area contributed by atoms with Crippen molar-refractivity contribution in [3.05, 3.63) is 10.6 Å². The molecule has 1 heterocycles. The molecule has 2 rings (SSSR count). The lowest BCUT2D eigenvalue weighted by Gasteiger charge is -2.10. The molecule has 1 aliphatic rings. The Balaban J connectivity index is 2.08. The van der Waals surface area contributed by atoms with Gasteiger partial charge < -0.3 is 14.8 Å². The normalized spacial score (nSPS) is 18.2. The van der Waals surface area contributed by atoms with Gasteiger partial charge in [0, 0.05) is 4.88 Å². The molecule has 0 spiro atoms. The number of rotatable bonds is 5. The third kappa shape index (κ3) is 2.92. The van der Waals surface area contributed by atoms with E-state index in [2.05, 4.69) is 15.0 Å². The van der Waals surface area contributed by atoms with Crippen LogP contribution in [0.2, 0.25) is 0 Å². The molecule has 0 bridgehead atoms. The molecule has 0 saturated carbocycles. The van der Waals surface area contributed by atoms with Crippen LogP contribution in [0.1, 0.15) is 36.8 Å². The van der Waals surface area contributed by atoms with Crippen LogP contribution in [-0.2, 0) is 25.5 Å². The SMILES string of the molecule is CCOC(=O)C1CCc2sc(NC(C)C(=O)OC)nc21. The van der Waals surface area contributed by atoms with Gasteiger partial charge in [-0.3, -0.25) is 4.79 Å². The summed E-state index contributed by atoms with van der Waals surface area (Å²) in [5.41, 5.74) is 0.785. The average molecular weight is 298 g/mol. The Kier molecular flexibility index (Phi) is 4.59. The Morgan fingerprint density at radius 2 is 2.30 bits per heavy atom. The minimum atomic E-state index is -0.465. The van der Waals surface area contributed by atoms with Gasteiger partial charge in [0.25, 0.3) is 0 Å². The summed E-state index contributed by atoms with van der Waals surface area (Å²) in [5.74, 6) is -0.836. The van der Waals surface area contributed by atoms with E-state index in [1.165, 1.54) is 18.4 Å². The number of methoxy groups -OCH3 is 1. The van der Waals surface area contributed by atoms with Crippen molar-refractivity contribution in [2.24, 2.45) is 0 Å². The lowest BCUT2D eigenvalue weighted by atomic mass is 10.1. The van der Waals surface area contributed by atoms with E-state index in [0.29, 0.717) is 11.7 Å². The van der Waals surface area contributed by atoms with Gasteiger partial charge in [-0.1, -0.05) is 0 Å². The zero-order valence-electron chi connectivity index (χ0n) is 11.8. The predicted octanol–water partition coefficient (Wildman–Crippen LogP) is 1.71. The molecule has 0 radical (unpaired) electrons. The highest BCUT2D eigenvalue weighted by Crippen LogP contribution is 2.39. The fraction of sp³-hybridized carbons (Fsp3) is 0.615. The van der Waals surface area contributed by atoms with Crippen molar-refractivity contribution in [2.75, 3.05) is 19.0 Å². The number of ether oxygens (including phenoxy) is 2. The number of thiazole rings is 1. The van der Waals surface area contributed by atoms with Crippen molar-refractivity contribution in [2.45, 2.75) is 38.6 Å². The Morgan fingerprint density at radius 3 is 2.95 bits per heavy atom. The number of anilines is 1. The summed E-state index contributed by atoms with van der Waals surface area (Å²) >= 11 is 1.48. The van der Waals surface area contributed by atoms with Crippen molar-refractivity contribution < 1.29 is 19.1 Å². The van der Waals surface area contributed by atoms with Gasteiger partial charge in [0.1, 0.15) is 12.0 Å². The maximum Gasteiger partial charge on any atom is 0.328 e. The van der Waals surface area contributed by atoms with E-state index in [1.54, 1.807) is 13.8 Å². The maximum absolute atomic E-state index is 11.8. The first kappa shape index (κ1) is 14.8. The van der Waals surface area contributed by atoms with Crippen LogP contribution in [0.5, 0.6) is 0 Å². The van der Waals surface area contributed by atoms with Gasteiger partial charge in [0.2, 0.25) is 0 Å². The van der Waals surface area contributed by atoms with E-state index in [0.717, 1.165) is 23.4 Å². The number of hydrogen-bond acceptors (Lipinski definition) is 7. The van der Waals surface area contributed by atoms with E-state index in [9.17, 15) is 9.59 Å². The second kappa shape index (κ2) is 6.21. The standard InChI is InChI=1S/C13H18N2O4S/c1-4-19-12(17)8-5-6-9-10(8)15-13(20-9)14-7(2)11(16)18-3/h7-8H,4-6H2,1-3H3,(H,14,15). The molecule has 0 aliphatic heterocycles. The summed E-state index contributed by atoms with van der Waals surface area (Å²) in [5, 5.41) is 3.63. The monoisotopic (exact) mass is 298 g/mol. The van der Waals surface area contributed by atoms with E-state index in [1.807, 2.05) is 0 Å². The van der Waals surface area contributed by atoms with Crippen LogP contribution in [0.3, 0.4) is 0 Å². The molecule has 20 heavy (non-hydrogen) atoms. The van der Waals surface area contributed by atoms with Crippen LogP contribution < -0.4 is 5.32 Å². The lowest BCUT2D eigenvalue weighted by Crippen LogP contribution is -2.27. The molecule has 2 atom stereocenters. The number of carbonyl (C=O) groups excluding carboxylic acids is 2. The molecular formula is C13H18N2O4S. The molecule has 0 amide bonds. The van der Waals surface area contributed by atoms with Gasteiger partial charge in [-0.05, 0) is 26.7 Å². The van der Waals surface area contributed by atoms with Crippen LogP contribution >= 0.6 is 11.3 Å². The summed E-state index contributed by atoms with van der Waals surface area (Å²) in [6.45, 7) is 3.88. The maximum atomic E-state index is 11.8. The molecule has 110 valence electrons. The molecule has 1 aliphatic carbocycles. The van der Waals surface area contributed by atoms with Crippen LogP contribution in [0.15, 0.2) is 0 Å². The van der Waals surface area contributed by atoms with Gasteiger partial charge in [0.05, 0.1) is 19.4 Å². The zero-order chi connectivity index (χ0) is 14.7. The van der Waals surface area contributed by atoms with Crippen LogP contribution in [0.4, 0.5) is 5.13 Å². The number of nitrogens with one attached hydrogen (secondary N) is 1. The highest BCUT2D eigenvalue weighted by atomic mass is 32.1. The minimum absolute atomic E-state index is 0.218. The number of nitrogens with zero attached hydrogens (tertiary/aromatic N) is 1. The third-order valence-electron chi connectivity index (χ3n) is 3.18. The molecule has 1 aromatic rings. The molecule has 2 unspecified atom stereocenters. The second-order valence-corrected chi connectivity index (χ2v) is 5.64. The average Bonchev–Trinajstić information content (AvgIpc) is 2.97. The second-order valence-electron chi connectivity index (χ2n) is 4.56. The number of carbonyl (C=O) groups is 2. The predicted molar refractivity (Wildman–Crippen MR) is 74.9 cm³/mol. The van der Waals surface area contributed by atoms with E-state index in [-0.39, 0.29) is 17.9 Å². The quantitative estimate of drug-likeness (QED) is 0.834. The number of fused-ring (bicyclic) bond motifs is 1. The molecule has 0 aromatic carbocycles. The number of aryl methyl sites for hydroxylation is 1. The van der Waals surface area contributed by atoms with Crippen molar-refractivity contribution in [1.82, 2.24) is 4.98 Å². The van der Waals surface area contributed by atoms with Crippen molar-refractivity contribution in [3.8, 4) is 0 Å². The van der Waals surface area contributed by atoms with Gasteiger partial charge in [-0.15, -0.1) is 11.3 Å². The topological polar surface area (TPSA) is 77.5 Å². The molecule has 1 aromatic heterocycles. The van der Waals surface area contributed by atoms with E-state index < -0.39 is 6.04 Å². The molecule has 6 nitrogen and oxygen atoms in total. The fourth-order valence-corrected chi connectivity index (χ4v) is 3.31. The van der Waals surface area contributed by atoms with E-state index in [4.69, 9.17) is 4.74 Å². The summed E-state index contributed by atoms with van der Waals surface area (Å²) in [4.78, 5) is 28.7. The van der Waals surface area contributed by atoms with E-state index >= 15 is 0 Å². The first-order valence-corrected chi connectivity index (χ1v) is 7.39. The first-order valence-electron chi connectivity index (χ1n) is 6.57. The Hall–Kier alpha value is -1.63. The zero-order valence-corrected chi connectivity index (χ0v) is 12.6. The molecule has 7 heteroatoms. The Labute approximate surface area is 121 Å². The fourth-order valence-electron chi connectivity index (χ4n) is 2.18. The molecular weight excluding hydrogens is 280 g/mol. The van der Waals surface area contributed by atoms with Crippen molar-refractivity contribution in [3.63, 3.8) is 0 Å². The largest absolute Gasteiger partial charge is 0.467 e. The number of esters is 2. The summed E-state index contributed by atoms with van der Waals surface area (Å²) < 4.78 is 9.71. The van der Waals surface area contributed by atoms with Crippen molar-refractivity contribution in [1.29, 1.82) is 0 Å². The first-order chi connectivity index (χ1) is 9.56. The summed E-state index contributed by atoms with van der Waals surface area (Å²) in [7, 11) is 1.35. The van der Waals surface area contributed by atoms with Gasteiger partial charge in [-0.25, -0.2) is 9.78 Å². The molecule has 1 N–H and O–H groups in total. The summed E-state index contributed by atoms with van der Waals surface area (Å²) in [6.07, 6.45) is 1.57. The number of aromatic nitrogens is 1. The van der Waals surface area contributed by atoms with Crippen LogP contribution in [0.25, 0.3) is 0 Å². The van der Waals surface area contributed by atoms with Crippen LogP contribution in [0, 0.1) is 0 Å². The number of hydrogen-bond donors (Lipinski definition) is 1. The Morgan fingerprint density at radius 1 is 1.55 bits per heavy atom. The van der Waals surface area contributed by atoms with Crippen LogP contribution in [-0.4, -0.2) is 36.7 Å². The lowest BCUT2D eigenvalue weighted by molar-refractivity contribution is -0.145. The van der Waals surface area contributed by atoms with Gasteiger partial charge in [0.15, 0.2) is 5.13 Å². The highest BCUT2D eigenvalue weighted by Gasteiger charge is 2.33. The molecule has 0 saturated heterocycles. The summed E-state index contributed by atoms with van der Waals surface area (Å²) in [6, 6.07) is -0.465. The van der Waals surface area contributed by atoms with Gasteiger partial charge in [-0.2, -0.15) is 0 Å². The highest BCUT2D eigenvalue weighted by molar-refractivity contribution is 7.15. The Bertz CT molecular complexity index is 514. The smallest absolute Gasteiger partial charge is 0.328 e. The minimum Gasteiger partial charge on any atom is -0.467 e. The third-order valence-corrected chi connectivity index (χ3v) is 4.25. The van der Waals surface area contributed by atoms with Gasteiger partial charge >= 0.3 is 11.9 Å².